The van der Waals surface area contributed by atoms with Crippen molar-refractivity contribution in [3.05, 3.63) is 53.3 Å². The summed E-state index contributed by atoms with van der Waals surface area (Å²) in [4.78, 5) is 11.8. The number of hydrogen-bond acceptors (Lipinski definition) is 3. The fourth-order valence-electron chi connectivity index (χ4n) is 1.65. The first kappa shape index (κ1) is 15.5. The summed E-state index contributed by atoms with van der Waals surface area (Å²) in [7, 11) is -1.80. The number of carbonyl (C=O) groups is 1. The van der Waals surface area contributed by atoms with Gasteiger partial charge in [0.25, 0.3) is 0 Å². The fourth-order valence-corrected chi connectivity index (χ4v) is 2.79. The van der Waals surface area contributed by atoms with Crippen molar-refractivity contribution in [2.45, 2.75) is 4.90 Å². The van der Waals surface area contributed by atoms with E-state index < -0.39 is 22.5 Å². The number of rotatable bonds is 4. The van der Waals surface area contributed by atoms with Crippen molar-refractivity contribution < 1.29 is 13.4 Å². The largest absolute Gasteiger partial charge is 0.399 e. The Morgan fingerprint density at radius 3 is 2.67 bits per heavy atom. The molecule has 2 aromatic rings. The van der Waals surface area contributed by atoms with Gasteiger partial charge in [0, 0.05) is 5.69 Å². The van der Waals surface area contributed by atoms with E-state index in [-0.39, 0.29) is 16.3 Å². The highest BCUT2D eigenvalue weighted by Crippen LogP contribution is 2.21. The summed E-state index contributed by atoms with van der Waals surface area (Å²) in [5.74, 6) is -1.58. The molecular formula is C14H12ClFN2O2S. The Labute approximate surface area is 128 Å². The molecule has 1 amide bonds. The van der Waals surface area contributed by atoms with Gasteiger partial charge in [0.05, 0.1) is 26.4 Å². The summed E-state index contributed by atoms with van der Waals surface area (Å²) in [6, 6.07) is 10.5. The number of anilines is 2. The van der Waals surface area contributed by atoms with Crippen LogP contribution >= 0.6 is 11.6 Å². The van der Waals surface area contributed by atoms with Crippen LogP contribution in [0.2, 0.25) is 5.02 Å². The van der Waals surface area contributed by atoms with Crippen molar-refractivity contribution in [3.8, 4) is 0 Å². The molecule has 3 N–H and O–H groups in total. The molecule has 1 atom stereocenters. The number of amides is 1. The van der Waals surface area contributed by atoms with E-state index in [1.807, 2.05) is 0 Å². The predicted octanol–water partition coefficient (Wildman–Crippen LogP) is 2.81. The number of benzene rings is 2. The Bertz CT molecular complexity index is 709. The molecule has 0 radical (unpaired) electrons. The summed E-state index contributed by atoms with van der Waals surface area (Å²) in [5, 5.41) is 2.90. The summed E-state index contributed by atoms with van der Waals surface area (Å²) in [5.41, 5.74) is 6.06. The van der Waals surface area contributed by atoms with Crippen LogP contribution in [0.15, 0.2) is 47.4 Å². The molecule has 0 saturated heterocycles. The monoisotopic (exact) mass is 326 g/mol. The molecule has 0 saturated carbocycles. The maximum atomic E-state index is 13.6. The van der Waals surface area contributed by atoms with Crippen LogP contribution in [0.4, 0.5) is 15.8 Å². The van der Waals surface area contributed by atoms with Crippen LogP contribution in [0.5, 0.6) is 0 Å². The van der Waals surface area contributed by atoms with Gasteiger partial charge in [-0.3, -0.25) is 9.00 Å². The van der Waals surface area contributed by atoms with Crippen molar-refractivity contribution in [2.75, 3.05) is 16.8 Å². The van der Waals surface area contributed by atoms with Gasteiger partial charge in [-0.25, -0.2) is 4.39 Å². The SMILES string of the molecule is Nc1ccc(S(=O)CC(=O)Nc2ccccc2Cl)c(F)c1. The highest BCUT2D eigenvalue weighted by molar-refractivity contribution is 7.85. The molecule has 0 bridgehead atoms. The first-order valence-electron chi connectivity index (χ1n) is 5.95. The topological polar surface area (TPSA) is 72.2 Å². The molecule has 7 heteroatoms. The van der Waals surface area contributed by atoms with Gasteiger partial charge in [-0.2, -0.15) is 0 Å². The van der Waals surface area contributed by atoms with E-state index in [4.69, 9.17) is 17.3 Å². The minimum absolute atomic E-state index is 0.0569. The second kappa shape index (κ2) is 6.69. The first-order valence-corrected chi connectivity index (χ1v) is 7.65. The van der Waals surface area contributed by atoms with Crippen molar-refractivity contribution in [1.82, 2.24) is 0 Å². The molecule has 21 heavy (non-hydrogen) atoms. The highest BCUT2D eigenvalue weighted by Gasteiger charge is 2.15. The number of halogens is 2. The van der Waals surface area contributed by atoms with Crippen LogP contribution in [-0.2, 0) is 15.6 Å². The highest BCUT2D eigenvalue weighted by atomic mass is 35.5. The molecule has 0 fully saturated rings. The summed E-state index contributed by atoms with van der Waals surface area (Å²) in [6.45, 7) is 0. The third-order valence-electron chi connectivity index (χ3n) is 2.61. The lowest BCUT2D eigenvalue weighted by atomic mass is 10.3. The van der Waals surface area contributed by atoms with Gasteiger partial charge in [0.15, 0.2) is 0 Å². The van der Waals surface area contributed by atoms with Crippen LogP contribution in [-0.4, -0.2) is 15.9 Å². The normalized spacial score (nSPS) is 11.9. The Morgan fingerprint density at radius 2 is 2.00 bits per heavy atom. The van der Waals surface area contributed by atoms with Crippen LogP contribution in [0, 0.1) is 5.82 Å². The van der Waals surface area contributed by atoms with E-state index in [0.717, 1.165) is 6.07 Å². The lowest BCUT2D eigenvalue weighted by molar-refractivity contribution is -0.113. The maximum absolute atomic E-state index is 13.6. The predicted molar refractivity (Wildman–Crippen MR) is 82.2 cm³/mol. The van der Waals surface area contributed by atoms with E-state index in [9.17, 15) is 13.4 Å². The zero-order valence-corrected chi connectivity index (χ0v) is 12.4. The van der Waals surface area contributed by atoms with E-state index in [1.54, 1.807) is 24.3 Å². The number of para-hydroxylation sites is 1. The third kappa shape index (κ3) is 4.03. The van der Waals surface area contributed by atoms with Crippen LogP contribution in [0.3, 0.4) is 0 Å². The zero-order chi connectivity index (χ0) is 15.4. The molecule has 0 spiro atoms. The van der Waals surface area contributed by atoms with Gasteiger partial charge in [0.1, 0.15) is 11.6 Å². The molecule has 0 aliphatic rings. The summed E-state index contributed by atoms with van der Waals surface area (Å²) in [6.07, 6.45) is 0. The molecule has 0 aromatic heterocycles. The Morgan fingerprint density at radius 1 is 1.29 bits per heavy atom. The van der Waals surface area contributed by atoms with E-state index in [0.29, 0.717) is 10.7 Å². The molecule has 0 aliphatic carbocycles. The smallest absolute Gasteiger partial charge is 0.237 e. The number of carbonyl (C=O) groups excluding carboxylic acids is 1. The van der Waals surface area contributed by atoms with Gasteiger partial charge >= 0.3 is 0 Å². The summed E-state index contributed by atoms with van der Waals surface area (Å²) >= 11 is 5.90. The fraction of sp³-hybridized carbons (Fsp3) is 0.0714. The van der Waals surface area contributed by atoms with Crippen molar-refractivity contribution >= 4 is 39.7 Å². The molecule has 1 unspecified atom stereocenters. The molecular weight excluding hydrogens is 315 g/mol. The zero-order valence-electron chi connectivity index (χ0n) is 10.8. The number of hydrogen-bond donors (Lipinski definition) is 2. The quantitative estimate of drug-likeness (QED) is 0.849. The first-order chi connectivity index (χ1) is 9.97. The number of nitrogen functional groups attached to an aromatic ring is 1. The minimum atomic E-state index is -1.80. The third-order valence-corrected chi connectivity index (χ3v) is 4.29. The van der Waals surface area contributed by atoms with Gasteiger partial charge in [-0.05, 0) is 30.3 Å². The van der Waals surface area contributed by atoms with Crippen LogP contribution < -0.4 is 11.1 Å². The van der Waals surface area contributed by atoms with E-state index >= 15 is 0 Å². The molecule has 110 valence electrons. The molecule has 0 aliphatic heterocycles. The average molecular weight is 327 g/mol. The molecule has 2 aromatic carbocycles. The molecule has 4 nitrogen and oxygen atoms in total. The average Bonchev–Trinajstić information content (AvgIpc) is 2.41. The summed E-state index contributed by atoms with van der Waals surface area (Å²) < 4.78 is 25.6. The molecule has 0 heterocycles. The van der Waals surface area contributed by atoms with Gasteiger partial charge < -0.3 is 11.1 Å². The van der Waals surface area contributed by atoms with Crippen molar-refractivity contribution in [3.63, 3.8) is 0 Å². The minimum Gasteiger partial charge on any atom is -0.399 e. The number of nitrogens with two attached hydrogens (primary N) is 1. The molecule has 2 rings (SSSR count). The van der Waals surface area contributed by atoms with Crippen molar-refractivity contribution in [1.29, 1.82) is 0 Å². The lowest BCUT2D eigenvalue weighted by Gasteiger charge is -2.07. The maximum Gasteiger partial charge on any atom is 0.237 e. The standard InChI is InChI=1S/C14H12ClFN2O2S/c15-10-3-1-2-4-12(10)18-14(19)8-21(20)13-6-5-9(17)7-11(13)16/h1-7H,8,17H2,(H,18,19). The van der Waals surface area contributed by atoms with E-state index in [1.165, 1.54) is 12.1 Å². The number of nitrogens with one attached hydrogen (secondary N) is 1. The van der Waals surface area contributed by atoms with E-state index in [2.05, 4.69) is 5.32 Å². The van der Waals surface area contributed by atoms with Crippen LogP contribution in [0.1, 0.15) is 0 Å². The Balaban J connectivity index is 2.06. The lowest BCUT2D eigenvalue weighted by Crippen LogP contribution is -2.20. The Kier molecular flexibility index (Phi) is 4.93. The van der Waals surface area contributed by atoms with Crippen molar-refractivity contribution in [2.24, 2.45) is 0 Å². The van der Waals surface area contributed by atoms with Gasteiger partial charge in [-0.1, -0.05) is 23.7 Å². The van der Waals surface area contributed by atoms with Gasteiger partial charge in [-0.15, -0.1) is 0 Å². The second-order valence-corrected chi connectivity index (χ2v) is 6.03. The second-order valence-electron chi connectivity index (χ2n) is 4.21. The Hall–Kier alpha value is -1.92. The van der Waals surface area contributed by atoms with Crippen LogP contribution in [0.25, 0.3) is 0 Å². The van der Waals surface area contributed by atoms with Gasteiger partial charge in [0.2, 0.25) is 5.91 Å².